The Morgan fingerprint density at radius 2 is 1.72 bits per heavy atom. The highest BCUT2D eigenvalue weighted by Gasteiger charge is 2.20. The molecule has 0 N–H and O–H groups in total. The Morgan fingerprint density at radius 3 is 2.33 bits per heavy atom. The second kappa shape index (κ2) is 5.44. The van der Waals surface area contributed by atoms with Crippen molar-refractivity contribution >= 4 is 44.3 Å². The van der Waals surface area contributed by atoms with Gasteiger partial charge >= 0.3 is 0 Å². The summed E-state index contributed by atoms with van der Waals surface area (Å²) in [6.07, 6.45) is 0. The summed E-state index contributed by atoms with van der Waals surface area (Å²) < 4.78 is 28.4. The first-order valence-corrected chi connectivity index (χ1v) is 6.81. The third-order valence-electron chi connectivity index (χ3n) is 2.36. The van der Waals surface area contributed by atoms with Gasteiger partial charge in [0, 0.05) is 13.6 Å². The number of carbonyl (C=O) groups excluding carboxylic acids is 1. The molecule has 0 aromatic heterocycles. The molecule has 0 heterocycles. The van der Waals surface area contributed by atoms with Crippen molar-refractivity contribution in [3.8, 4) is 0 Å². The van der Waals surface area contributed by atoms with Gasteiger partial charge in [-0.05, 0) is 52.9 Å². The van der Waals surface area contributed by atoms with E-state index in [1.807, 2.05) is 22.6 Å². The molecular formula is C13H6BrF2IO. The predicted octanol–water partition coefficient (Wildman–Crippen LogP) is 4.56. The fraction of sp³-hybridized carbons (Fsp3) is 0. The molecule has 0 fully saturated rings. The van der Waals surface area contributed by atoms with Gasteiger partial charge < -0.3 is 0 Å². The summed E-state index contributed by atoms with van der Waals surface area (Å²) >= 11 is 5.19. The van der Waals surface area contributed by atoms with Crippen LogP contribution in [0.2, 0.25) is 0 Å². The lowest BCUT2D eigenvalue weighted by Crippen LogP contribution is -2.09. The van der Waals surface area contributed by atoms with Crippen LogP contribution in [0, 0.1) is 15.2 Å². The Kier molecular flexibility index (Phi) is 4.11. The van der Waals surface area contributed by atoms with Crippen molar-refractivity contribution in [2.24, 2.45) is 0 Å². The first kappa shape index (κ1) is 13.6. The van der Waals surface area contributed by atoms with E-state index in [-0.39, 0.29) is 5.56 Å². The van der Waals surface area contributed by atoms with Gasteiger partial charge in [-0.1, -0.05) is 22.0 Å². The van der Waals surface area contributed by atoms with Crippen molar-refractivity contribution in [3.05, 3.63) is 67.2 Å². The minimum absolute atomic E-state index is 0.272. The zero-order chi connectivity index (χ0) is 13.3. The average Bonchev–Trinajstić information content (AvgIpc) is 2.32. The lowest BCUT2D eigenvalue weighted by molar-refractivity contribution is 0.103. The molecule has 92 valence electrons. The van der Waals surface area contributed by atoms with Crippen LogP contribution in [0.15, 0.2) is 40.9 Å². The predicted molar refractivity (Wildman–Crippen MR) is 76.6 cm³/mol. The zero-order valence-corrected chi connectivity index (χ0v) is 12.6. The number of rotatable bonds is 2. The van der Waals surface area contributed by atoms with Gasteiger partial charge in [0.05, 0.1) is 5.56 Å². The number of hydrogen-bond donors (Lipinski definition) is 0. The molecule has 0 unspecified atom stereocenters. The molecule has 0 aliphatic heterocycles. The Morgan fingerprint density at radius 1 is 1.11 bits per heavy atom. The number of benzene rings is 2. The van der Waals surface area contributed by atoms with E-state index in [9.17, 15) is 13.6 Å². The molecule has 2 rings (SSSR count). The zero-order valence-electron chi connectivity index (χ0n) is 8.88. The van der Waals surface area contributed by atoms with Gasteiger partial charge in [0.2, 0.25) is 0 Å². The molecule has 0 saturated carbocycles. The van der Waals surface area contributed by atoms with E-state index in [2.05, 4.69) is 15.9 Å². The van der Waals surface area contributed by atoms with Crippen LogP contribution in [0.25, 0.3) is 0 Å². The van der Waals surface area contributed by atoms with Gasteiger partial charge in [-0.25, -0.2) is 8.78 Å². The van der Waals surface area contributed by atoms with E-state index in [0.29, 0.717) is 8.04 Å². The highest BCUT2D eigenvalue weighted by atomic mass is 127. The van der Waals surface area contributed by atoms with Crippen LogP contribution in [0.5, 0.6) is 0 Å². The summed E-state index contributed by atoms with van der Waals surface area (Å²) in [4.78, 5) is 12.2. The van der Waals surface area contributed by atoms with Crippen LogP contribution in [-0.4, -0.2) is 5.78 Å². The molecule has 18 heavy (non-hydrogen) atoms. The Bertz CT molecular complexity index is 608. The maximum absolute atomic E-state index is 13.5. The number of halogens is 4. The average molecular weight is 423 g/mol. The van der Waals surface area contributed by atoms with Crippen LogP contribution >= 0.6 is 38.5 Å². The van der Waals surface area contributed by atoms with Gasteiger partial charge in [-0.15, -0.1) is 0 Å². The minimum Gasteiger partial charge on any atom is -0.288 e. The van der Waals surface area contributed by atoms with E-state index in [1.165, 1.54) is 6.07 Å². The molecule has 0 radical (unpaired) electrons. The Hall–Kier alpha value is -0.820. The molecule has 2 aromatic rings. The SMILES string of the molecule is O=C(c1cc(Br)ccc1I)c1c(F)cccc1F. The normalized spacial score (nSPS) is 10.4. The summed E-state index contributed by atoms with van der Waals surface area (Å²) in [6, 6.07) is 8.39. The second-order valence-electron chi connectivity index (χ2n) is 3.55. The molecule has 0 bridgehead atoms. The van der Waals surface area contributed by atoms with E-state index in [0.717, 1.165) is 12.1 Å². The molecule has 5 heteroatoms. The number of carbonyl (C=O) groups is 1. The summed E-state index contributed by atoms with van der Waals surface area (Å²) in [5.41, 5.74) is -0.248. The van der Waals surface area contributed by atoms with Crippen LogP contribution in [-0.2, 0) is 0 Å². The monoisotopic (exact) mass is 422 g/mol. The van der Waals surface area contributed by atoms with Gasteiger partial charge in [-0.2, -0.15) is 0 Å². The molecule has 2 aromatic carbocycles. The van der Waals surface area contributed by atoms with Gasteiger partial charge in [0.25, 0.3) is 0 Å². The van der Waals surface area contributed by atoms with Crippen molar-refractivity contribution in [2.75, 3.05) is 0 Å². The largest absolute Gasteiger partial charge is 0.288 e. The quantitative estimate of drug-likeness (QED) is 0.512. The standard InChI is InChI=1S/C13H6BrF2IO/c14-7-4-5-11(17)8(6-7)13(18)12-9(15)2-1-3-10(12)16/h1-6H. The third-order valence-corrected chi connectivity index (χ3v) is 3.80. The van der Waals surface area contributed by atoms with Crippen LogP contribution in [0.1, 0.15) is 15.9 Å². The van der Waals surface area contributed by atoms with Crippen molar-refractivity contribution in [1.29, 1.82) is 0 Å². The van der Waals surface area contributed by atoms with E-state index in [4.69, 9.17) is 0 Å². The molecule has 0 saturated heterocycles. The minimum atomic E-state index is -0.851. The molecular weight excluding hydrogens is 417 g/mol. The van der Waals surface area contributed by atoms with Gasteiger partial charge in [0.1, 0.15) is 11.6 Å². The van der Waals surface area contributed by atoms with Gasteiger partial charge in [-0.3, -0.25) is 4.79 Å². The van der Waals surface area contributed by atoms with E-state index in [1.54, 1.807) is 18.2 Å². The molecule has 1 nitrogen and oxygen atoms in total. The summed E-state index contributed by atoms with van der Waals surface area (Å²) in [7, 11) is 0. The Labute approximate surface area is 124 Å². The highest BCUT2D eigenvalue weighted by molar-refractivity contribution is 14.1. The maximum Gasteiger partial charge on any atom is 0.200 e. The smallest absolute Gasteiger partial charge is 0.200 e. The van der Waals surface area contributed by atoms with E-state index < -0.39 is 23.0 Å². The van der Waals surface area contributed by atoms with Crippen LogP contribution in [0.4, 0.5) is 8.78 Å². The van der Waals surface area contributed by atoms with Gasteiger partial charge in [0.15, 0.2) is 5.78 Å². The molecule has 0 spiro atoms. The van der Waals surface area contributed by atoms with Crippen molar-refractivity contribution in [1.82, 2.24) is 0 Å². The van der Waals surface area contributed by atoms with Crippen molar-refractivity contribution < 1.29 is 13.6 Å². The van der Waals surface area contributed by atoms with Crippen molar-refractivity contribution in [3.63, 3.8) is 0 Å². The first-order chi connectivity index (χ1) is 8.50. The summed E-state index contributed by atoms with van der Waals surface area (Å²) in [5.74, 6) is -2.36. The maximum atomic E-state index is 13.5. The third kappa shape index (κ3) is 2.61. The fourth-order valence-electron chi connectivity index (χ4n) is 1.52. The summed E-state index contributed by atoms with van der Waals surface area (Å²) in [6.45, 7) is 0. The molecule has 0 amide bonds. The van der Waals surface area contributed by atoms with E-state index >= 15 is 0 Å². The first-order valence-electron chi connectivity index (χ1n) is 4.94. The Balaban J connectivity index is 2.58. The number of ketones is 1. The number of hydrogen-bond acceptors (Lipinski definition) is 1. The molecule has 0 atom stereocenters. The lowest BCUT2D eigenvalue weighted by atomic mass is 10.0. The van der Waals surface area contributed by atoms with Crippen LogP contribution < -0.4 is 0 Å². The summed E-state index contributed by atoms with van der Waals surface area (Å²) in [5, 5.41) is 0. The highest BCUT2D eigenvalue weighted by Crippen LogP contribution is 2.23. The van der Waals surface area contributed by atoms with Crippen molar-refractivity contribution in [2.45, 2.75) is 0 Å². The lowest BCUT2D eigenvalue weighted by Gasteiger charge is -2.06. The fourth-order valence-corrected chi connectivity index (χ4v) is 2.46. The topological polar surface area (TPSA) is 17.1 Å². The molecule has 0 aliphatic carbocycles. The molecule has 0 aliphatic rings. The second-order valence-corrected chi connectivity index (χ2v) is 5.63. The van der Waals surface area contributed by atoms with Crippen LogP contribution in [0.3, 0.4) is 0 Å².